The average molecular weight is 270 g/mol. The predicted octanol–water partition coefficient (Wildman–Crippen LogP) is -0.600. The summed E-state index contributed by atoms with van der Waals surface area (Å²) in [5, 5.41) is 3.38. The van der Waals surface area contributed by atoms with Crippen molar-refractivity contribution in [2.75, 3.05) is 80.2 Å². The molecule has 2 aliphatic rings. The maximum absolute atomic E-state index is 5.58. The van der Waals surface area contributed by atoms with E-state index in [-0.39, 0.29) is 0 Å². The van der Waals surface area contributed by atoms with Gasteiger partial charge >= 0.3 is 0 Å². The van der Waals surface area contributed by atoms with Crippen LogP contribution in [0.4, 0.5) is 0 Å². The van der Waals surface area contributed by atoms with E-state index >= 15 is 0 Å². The van der Waals surface area contributed by atoms with Crippen LogP contribution in [0.1, 0.15) is 0 Å². The summed E-state index contributed by atoms with van der Waals surface area (Å²) in [6.45, 7) is 10.2. The molecule has 0 aliphatic carbocycles. The molecule has 0 spiro atoms. The smallest absolute Gasteiger partial charge is 0.0623 e. The number of hydrogen-bond acceptors (Lipinski definition) is 5. The third-order valence-electron chi connectivity index (χ3n) is 4.39. The quantitative estimate of drug-likeness (QED) is 0.697. The maximum atomic E-state index is 5.58. The molecule has 2 unspecified atom stereocenters. The molecule has 2 rings (SSSR count). The van der Waals surface area contributed by atoms with Gasteiger partial charge in [-0.1, -0.05) is 0 Å². The topological polar surface area (TPSA) is 31.0 Å². The molecule has 1 N–H and O–H groups in total. The van der Waals surface area contributed by atoms with E-state index in [0.717, 1.165) is 19.8 Å². The van der Waals surface area contributed by atoms with Crippen LogP contribution in [0.25, 0.3) is 0 Å². The van der Waals surface area contributed by atoms with Crippen molar-refractivity contribution in [3.8, 4) is 0 Å². The van der Waals surface area contributed by atoms with Gasteiger partial charge in [-0.3, -0.25) is 4.90 Å². The van der Waals surface area contributed by atoms with Crippen LogP contribution in [-0.4, -0.2) is 101 Å². The fourth-order valence-electron chi connectivity index (χ4n) is 2.97. The van der Waals surface area contributed by atoms with Crippen molar-refractivity contribution in [1.82, 2.24) is 20.0 Å². The van der Waals surface area contributed by atoms with E-state index in [1.54, 1.807) is 0 Å². The molecule has 0 radical (unpaired) electrons. The maximum Gasteiger partial charge on any atom is 0.0623 e. The monoisotopic (exact) mass is 270 g/mol. The lowest BCUT2D eigenvalue weighted by atomic mass is 10.0. The van der Waals surface area contributed by atoms with E-state index in [4.69, 9.17) is 4.74 Å². The van der Waals surface area contributed by atoms with Gasteiger partial charge < -0.3 is 19.9 Å². The average Bonchev–Trinajstić information content (AvgIpc) is 2.85. The van der Waals surface area contributed by atoms with Crippen molar-refractivity contribution in [3.63, 3.8) is 0 Å². The molecule has 0 saturated carbocycles. The van der Waals surface area contributed by atoms with Gasteiger partial charge in [-0.15, -0.1) is 0 Å². The van der Waals surface area contributed by atoms with Gasteiger partial charge in [-0.05, 0) is 21.1 Å². The summed E-state index contributed by atoms with van der Waals surface area (Å²) in [4.78, 5) is 7.45. The van der Waals surface area contributed by atoms with Crippen LogP contribution in [-0.2, 0) is 4.74 Å². The summed E-state index contributed by atoms with van der Waals surface area (Å²) < 4.78 is 5.58. The Morgan fingerprint density at radius 1 is 1.11 bits per heavy atom. The second-order valence-electron chi connectivity index (χ2n) is 6.14. The van der Waals surface area contributed by atoms with Crippen molar-refractivity contribution < 1.29 is 4.74 Å². The first kappa shape index (κ1) is 15.2. The summed E-state index contributed by atoms with van der Waals surface area (Å²) in [5.74, 6) is 0.665. The molecular formula is C14H30N4O. The van der Waals surface area contributed by atoms with Crippen LogP contribution < -0.4 is 5.32 Å². The van der Waals surface area contributed by atoms with Crippen LogP contribution in [0.5, 0.6) is 0 Å². The minimum atomic E-state index is 0.548. The van der Waals surface area contributed by atoms with Crippen LogP contribution >= 0.6 is 0 Å². The standard InChI is InChI=1S/C14H30N4O/c1-15-14-12-19-11-13(14)10-18-8-6-17(7-9-18)5-4-16(2)3/h13-15H,4-12H2,1-3H3. The summed E-state index contributed by atoms with van der Waals surface area (Å²) >= 11 is 0. The molecule has 0 aromatic rings. The number of nitrogens with zero attached hydrogens (tertiary/aromatic N) is 3. The van der Waals surface area contributed by atoms with Gasteiger partial charge in [-0.25, -0.2) is 0 Å². The van der Waals surface area contributed by atoms with Crippen LogP contribution in [0, 0.1) is 5.92 Å². The van der Waals surface area contributed by atoms with Crippen LogP contribution in [0.15, 0.2) is 0 Å². The molecule has 0 aromatic carbocycles. The number of ether oxygens (including phenoxy) is 1. The third-order valence-corrected chi connectivity index (χ3v) is 4.39. The highest BCUT2D eigenvalue weighted by Gasteiger charge is 2.29. The zero-order valence-electron chi connectivity index (χ0n) is 12.8. The first-order chi connectivity index (χ1) is 9.19. The largest absolute Gasteiger partial charge is 0.379 e. The molecule has 2 atom stereocenters. The lowest BCUT2D eigenvalue weighted by molar-refractivity contribution is 0.104. The zero-order chi connectivity index (χ0) is 13.7. The molecule has 2 fully saturated rings. The van der Waals surface area contributed by atoms with E-state index < -0.39 is 0 Å². The molecule has 2 saturated heterocycles. The zero-order valence-corrected chi connectivity index (χ0v) is 12.8. The molecule has 5 heteroatoms. The Hall–Kier alpha value is -0.200. The Bertz CT molecular complexity index is 254. The van der Waals surface area contributed by atoms with Gasteiger partial charge in [0.05, 0.1) is 13.2 Å². The Labute approximate surface area is 117 Å². The molecule has 5 nitrogen and oxygen atoms in total. The summed E-state index contributed by atoms with van der Waals surface area (Å²) in [7, 11) is 6.34. The fourth-order valence-corrected chi connectivity index (χ4v) is 2.97. The third kappa shape index (κ3) is 4.68. The molecule has 0 amide bonds. The van der Waals surface area contributed by atoms with Gasteiger partial charge in [0, 0.05) is 57.8 Å². The van der Waals surface area contributed by atoms with Gasteiger partial charge in [0.15, 0.2) is 0 Å². The van der Waals surface area contributed by atoms with Gasteiger partial charge in [0.2, 0.25) is 0 Å². The molecule has 0 bridgehead atoms. The lowest BCUT2D eigenvalue weighted by Gasteiger charge is -2.36. The van der Waals surface area contributed by atoms with E-state index in [0.29, 0.717) is 12.0 Å². The Balaban J connectivity index is 1.66. The highest BCUT2D eigenvalue weighted by Crippen LogP contribution is 2.16. The lowest BCUT2D eigenvalue weighted by Crippen LogP contribution is -2.50. The first-order valence-electron chi connectivity index (χ1n) is 7.53. The number of likely N-dealkylation sites (N-methyl/N-ethyl adjacent to an activating group) is 2. The minimum absolute atomic E-state index is 0.548. The molecular weight excluding hydrogens is 240 g/mol. The van der Waals surface area contributed by atoms with Crippen molar-refractivity contribution in [2.45, 2.75) is 6.04 Å². The fraction of sp³-hybridized carbons (Fsp3) is 1.00. The SMILES string of the molecule is CNC1COCC1CN1CCN(CCN(C)C)CC1. The minimum Gasteiger partial charge on any atom is -0.379 e. The molecule has 2 heterocycles. The number of piperazine rings is 1. The van der Waals surface area contributed by atoms with Gasteiger partial charge in [0.25, 0.3) is 0 Å². The second kappa shape index (κ2) is 7.55. The highest BCUT2D eigenvalue weighted by atomic mass is 16.5. The number of nitrogens with one attached hydrogen (secondary N) is 1. The summed E-state index contributed by atoms with van der Waals surface area (Å²) in [6.07, 6.45) is 0. The van der Waals surface area contributed by atoms with Crippen molar-refractivity contribution in [2.24, 2.45) is 5.92 Å². The van der Waals surface area contributed by atoms with Crippen LogP contribution in [0.3, 0.4) is 0 Å². The predicted molar refractivity (Wildman–Crippen MR) is 78.6 cm³/mol. The summed E-state index contributed by atoms with van der Waals surface area (Å²) in [5.41, 5.74) is 0. The Morgan fingerprint density at radius 3 is 2.42 bits per heavy atom. The van der Waals surface area contributed by atoms with E-state index in [1.165, 1.54) is 39.3 Å². The first-order valence-corrected chi connectivity index (χ1v) is 7.53. The van der Waals surface area contributed by atoms with Gasteiger partial charge in [-0.2, -0.15) is 0 Å². The normalized spacial score (nSPS) is 30.3. The highest BCUT2D eigenvalue weighted by molar-refractivity contribution is 4.84. The van der Waals surface area contributed by atoms with E-state index in [2.05, 4.69) is 34.1 Å². The molecule has 112 valence electrons. The van der Waals surface area contributed by atoms with Crippen molar-refractivity contribution >= 4 is 0 Å². The Kier molecular flexibility index (Phi) is 6.04. The van der Waals surface area contributed by atoms with E-state index in [9.17, 15) is 0 Å². The van der Waals surface area contributed by atoms with Crippen molar-refractivity contribution in [3.05, 3.63) is 0 Å². The Morgan fingerprint density at radius 2 is 1.79 bits per heavy atom. The van der Waals surface area contributed by atoms with E-state index in [1.807, 2.05) is 7.05 Å². The second-order valence-corrected chi connectivity index (χ2v) is 6.14. The van der Waals surface area contributed by atoms with Crippen molar-refractivity contribution in [1.29, 1.82) is 0 Å². The van der Waals surface area contributed by atoms with Crippen LogP contribution in [0.2, 0.25) is 0 Å². The molecule has 2 aliphatic heterocycles. The number of hydrogen-bond donors (Lipinski definition) is 1. The molecule has 0 aromatic heterocycles. The molecule has 19 heavy (non-hydrogen) atoms. The summed E-state index contributed by atoms with van der Waals surface area (Å²) in [6, 6.07) is 0.548. The van der Waals surface area contributed by atoms with Gasteiger partial charge in [0.1, 0.15) is 0 Å². The number of rotatable bonds is 6.